The highest BCUT2D eigenvalue weighted by Gasteiger charge is 2.10. The van der Waals surface area contributed by atoms with Gasteiger partial charge in [0.05, 0.1) is 0 Å². The van der Waals surface area contributed by atoms with Gasteiger partial charge in [0.15, 0.2) is 5.82 Å². The summed E-state index contributed by atoms with van der Waals surface area (Å²) in [6.07, 6.45) is 2.03. The Morgan fingerprint density at radius 1 is 1.29 bits per heavy atom. The molecule has 2 aromatic rings. The van der Waals surface area contributed by atoms with E-state index >= 15 is 0 Å². The maximum Gasteiger partial charge on any atom is 0.277 e. The van der Waals surface area contributed by atoms with Gasteiger partial charge in [0.25, 0.3) is 5.88 Å². The summed E-state index contributed by atoms with van der Waals surface area (Å²) in [6, 6.07) is 6.40. The van der Waals surface area contributed by atoms with Crippen molar-refractivity contribution in [3.8, 4) is 5.88 Å². The Kier molecular flexibility index (Phi) is 5.25. The number of benzene rings is 1. The minimum atomic E-state index is -0.325. The number of nitrogens with zero attached hydrogens (tertiary/aromatic N) is 3. The van der Waals surface area contributed by atoms with Crippen molar-refractivity contribution >= 4 is 11.8 Å². The average Bonchev–Trinajstić information content (AvgIpc) is 2.48. The van der Waals surface area contributed by atoms with Gasteiger partial charge in [-0.1, -0.05) is 31.5 Å². The molecular formula is C14H18FN5O. The van der Waals surface area contributed by atoms with Gasteiger partial charge in [0, 0.05) is 12.1 Å². The Hall–Kier alpha value is -2.44. The van der Waals surface area contributed by atoms with Crippen LogP contribution in [0.15, 0.2) is 24.3 Å². The van der Waals surface area contributed by atoms with Crippen LogP contribution in [-0.4, -0.2) is 21.7 Å². The van der Waals surface area contributed by atoms with Crippen LogP contribution < -0.4 is 15.8 Å². The standard InChI is InChI=1S/C14H18FN5O/c1-2-3-8-17-12-13(19-20-14(16)18-12)21-9-10-6-4-5-7-11(10)15/h4-7H,2-3,8-9H2,1H3,(H3,16,17,18,20). The molecule has 0 aliphatic heterocycles. The highest BCUT2D eigenvalue weighted by Crippen LogP contribution is 2.20. The number of nitrogens with two attached hydrogens (primary N) is 1. The van der Waals surface area contributed by atoms with Gasteiger partial charge >= 0.3 is 0 Å². The molecule has 3 N–H and O–H groups in total. The minimum Gasteiger partial charge on any atom is -0.469 e. The number of anilines is 2. The van der Waals surface area contributed by atoms with Crippen molar-refractivity contribution in [1.29, 1.82) is 0 Å². The van der Waals surface area contributed by atoms with E-state index in [9.17, 15) is 4.39 Å². The van der Waals surface area contributed by atoms with E-state index in [4.69, 9.17) is 10.5 Å². The van der Waals surface area contributed by atoms with Crippen LogP contribution in [0.2, 0.25) is 0 Å². The zero-order chi connectivity index (χ0) is 15.1. The van der Waals surface area contributed by atoms with Crippen molar-refractivity contribution in [3.05, 3.63) is 35.6 Å². The van der Waals surface area contributed by atoms with Crippen LogP contribution in [0.4, 0.5) is 16.2 Å². The van der Waals surface area contributed by atoms with Gasteiger partial charge in [0.2, 0.25) is 5.95 Å². The van der Waals surface area contributed by atoms with Crippen LogP contribution in [0.5, 0.6) is 5.88 Å². The maximum atomic E-state index is 13.5. The monoisotopic (exact) mass is 291 g/mol. The molecule has 0 saturated heterocycles. The minimum absolute atomic E-state index is 0.0510. The molecule has 2 rings (SSSR count). The first-order chi connectivity index (χ1) is 10.2. The summed E-state index contributed by atoms with van der Waals surface area (Å²) in [5, 5.41) is 10.6. The van der Waals surface area contributed by atoms with Crippen molar-refractivity contribution in [2.75, 3.05) is 17.6 Å². The summed E-state index contributed by atoms with van der Waals surface area (Å²) in [5.41, 5.74) is 5.96. The Morgan fingerprint density at radius 2 is 2.10 bits per heavy atom. The Labute approximate surface area is 122 Å². The normalized spacial score (nSPS) is 10.4. The fraction of sp³-hybridized carbons (Fsp3) is 0.357. The van der Waals surface area contributed by atoms with Crippen LogP contribution in [0.1, 0.15) is 25.3 Å². The second-order valence-corrected chi connectivity index (χ2v) is 4.48. The lowest BCUT2D eigenvalue weighted by atomic mass is 10.2. The lowest BCUT2D eigenvalue weighted by Gasteiger charge is -2.11. The molecule has 0 radical (unpaired) electrons. The molecule has 0 atom stereocenters. The summed E-state index contributed by atoms with van der Waals surface area (Å²) in [5.74, 6) is 0.373. The van der Waals surface area contributed by atoms with Gasteiger partial charge in [0.1, 0.15) is 12.4 Å². The van der Waals surface area contributed by atoms with E-state index in [1.807, 2.05) is 0 Å². The lowest BCUT2D eigenvalue weighted by molar-refractivity contribution is 0.285. The number of hydrogen-bond acceptors (Lipinski definition) is 6. The summed E-state index contributed by atoms with van der Waals surface area (Å²) in [7, 11) is 0. The third-order valence-corrected chi connectivity index (χ3v) is 2.82. The van der Waals surface area contributed by atoms with Gasteiger partial charge < -0.3 is 15.8 Å². The predicted octanol–water partition coefficient (Wildman–Crippen LogP) is 2.38. The van der Waals surface area contributed by atoms with Gasteiger partial charge in [-0.2, -0.15) is 4.98 Å². The number of rotatable bonds is 7. The first-order valence-electron chi connectivity index (χ1n) is 6.81. The molecule has 0 saturated carbocycles. The number of nitrogen functional groups attached to an aromatic ring is 1. The lowest BCUT2D eigenvalue weighted by Crippen LogP contribution is -2.10. The summed E-state index contributed by atoms with van der Waals surface area (Å²) >= 11 is 0. The van der Waals surface area contributed by atoms with Crippen LogP contribution in [0.3, 0.4) is 0 Å². The highest BCUT2D eigenvalue weighted by atomic mass is 19.1. The molecule has 0 aliphatic rings. The van der Waals surface area contributed by atoms with Crippen LogP contribution >= 0.6 is 0 Å². The molecule has 1 aromatic carbocycles. The van der Waals surface area contributed by atoms with Crippen LogP contribution in [0, 0.1) is 5.82 Å². The van der Waals surface area contributed by atoms with Gasteiger partial charge in [-0.15, -0.1) is 10.2 Å². The highest BCUT2D eigenvalue weighted by molar-refractivity contribution is 5.47. The second kappa shape index (κ2) is 7.37. The second-order valence-electron chi connectivity index (χ2n) is 4.48. The SMILES string of the molecule is CCCCNc1nc(N)nnc1OCc1ccccc1F. The van der Waals surface area contributed by atoms with E-state index in [1.54, 1.807) is 18.2 Å². The zero-order valence-corrected chi connectivity index (χ0v) is 11.8. The molecule has 0 fully saturated rings. The Morgan fingerprint density at radius 3 is 2.86 bits per heavy atom. The topological polar surface area (TPSA) is 86.0 Å². The Bertz CT molecular complexity index is 593. The molecule has 1 aromatic heterocycles. The van der Waals surface area contributed by atoms with E-state index in [0.29, 0.717) is 11.4 Å². The van der Waals surface area contributed by atoms with E-state index in [2.05, 4.69) is 27.4 Å². The number of ether oxygens (including phenoxy) is 1. The number of hydrogen-bond donors (Lipinski definition) is 2. The molecule has 1 heterocycles. The third-order valence-electron chi connectivity index (χ3n) is 2.82. The van der Waals surface area contributed by atoms with Gasteiger partial charge in [-0.3, -0.25) is 0 Å². The van der Waals surface area contributed by atoms with E-state index < -0.39 is 0 Å². The van der Waals surface area contributed by atoms with E-state index in [0.717, 1.165) is 19.4 Å². The van der Waals surface area contributed by atoms with Crippen LogP contribution in [0.25, 0.3) is 0 Å². The quantitative estimate of drug-likeness (QED) is 0.762. The smallest absolute Gasteiger partial charge is 0.277 e. The molecular weight excluding hydrogens is 273 g/mol. The Balaban J connectivity index is 2.06. The molecule has 7 heteroatoms. The van der Waals surface area contributed by atoms with E-state index in [-0.39, 0.29) is 24.3 Å². The number of aromatic nitrogens is 3. The molecule has 0 bridgehead atoms. The van der Waals surface area contributed by atoms with Crippen LogP contribution in [-0.2, 0) is 6.61 Å². The van der Waals surface area contributed by atoms with Gasteiger partial charge in [-0.05, 0) is 12.5 Å². The molecule has 112 valence electrons. The molecule has 0 amide bonds. The molecule has 6 nitrogen and oxygen atoms in total. The zero-order valence-electron chi connectivity index (χ0n) is 11.8. The first kappa shape index (κ1) is 15.0. The third kappa shape index (κ3) is 4.27. The molecule has 0 aliphatic carbocycles. The molecule has 0 unspecified atom stereocenters. The maximum absolute atomic E-state index is 13.5. The molecule has 21 heavy (non-hydrogen) atoms. The number of nitrogens with one attached hydrogen (secondary N) is 1. The van der Waals surface area contributed by atoms with Crippen molar-refractivity contribution in [3.63, 3.8) is 0 Å². The van der Waals surface area contributed by atoms with Crippen molar-refractivity contribution in [2.24, 2.45) is 0 Å². The number of halogens is 1. The summed E-state index contributed by atoms with van der Waals surface area (Å²) in [4.78, 5) is 4.05. The fourth-order valence-corrected chi connectivity index (χ4v) is 1.69. The fourth-order valence-electron chi connectivity index (χ4n) is 1.69. The largest absolute Gasteiger partial charge is 0.469 e. The summed E-state index contributed by atoms with van der Waals surface area (Å²) < 4.78 is 19.0. The van der Waals surface area contributed by atoms with Crippen molar-refractivity contribution in [2.45, 2.75) is 26.4 Å². The van der Waals surface area contributed by atoms with Crippen molar-refractivity contribution < 1.29 is 9.13 Å². The average molecular weight is 291 g/mol. The van der Waals surface area contributed by atoms with Gasteiger partial charge in [-0.25, -0.2) is 4.39 Å². The first-order valence-corrected chi connectivity index (χ1v) is 6.81. The van der Waals surface area contributed by atoms with E-state index in [1.165, 1.54) is 6.07 Å². The number of unbranched alkanes of at least 4 members (excludes halogenated alkanes) is 1. The molecule has 0 spiro atoms. The summed E-state index contributed by atoms with van der Waals surface area (Å²) in [6.45, 7) is 2.87. The predicted molar refractivity (Wildman–Crippen MR) is 78.4 cm³/mol. The van der Waals surface area contributed by atoms with Crippen molar-refractivity contribution in [1.82, 2.24) is 15.2 Å².